The van der Waals surface area contributed by atoms with Gasteiger partial charge in [0.15, 0.2) is 0 Å². The summed E-state index contributed by atoms with van der Waals surface area (Å²) in [5, 5.41) is 7.25. The third-order valence-corrected chi connectivity index (χ3v) is 3.76. The van der Waals surface area contributed by atoms with Crippen LogP contribution in [-0.4, -0.2) is 20.7 Å². The maximum absolute atomic E-state index is 12.3. The summed E-state index contributed by atoms with van der Waals surface area (Å²) in [7, 11) is 0. The van der Waals surface area contributed by atoms with E-state index in [0.29, 0.717) is 5.56 Å². The normalized spacial score (nSPS) is 11.9. The molecule has 2 aromatic heterocycles. The highest BCUT2D eigenvalue weighted by molar-refractivity contribution is 5.94. The minimum Gasteiger partial charge on any atom is -0.346 e. The summed E-state index contributed by atoms with van der Waals surface area (Å²) in [6.07, 6.45) is 5.20. The van der Waals surface area contributed by atoms with Crippen LogP contribution in [0.15, 0.2) is 61.1 Å². The number of amides is 1. The number of carbonyl (C=O) groups excluding carboxylic acids is 1. The van der Waals surface area contributed by atoms with E-state index in [-0.39, 0.29) is 11.9 Å². The van der Waals surface area contributed by atoms with Crippen LogP contribution in [0.1, 0.15) is 34.6 Å². The van der Waals surface area contributed by atoms with Crippen molar-refractivity contribution in [3.05, 3.63) is 77.9 Å². The fraction of sp³-hybridized carbons (Fsp3) is 0.167. The largest absolute Gasteiger partial charge is 0.346 e. The van der Waals surface area contributed by atoms with Gasteiger partial charge in [0.2, 0.25) is 0 Å². The van der Waals surface area contributed by atoms with E-state index in [2.05, 4.69) is 15.4 Å². The summed E-state index contributed by atoms with van der Waals surface area (Å²) < 4.78 is 1.83. The van der Waals surface area contributed by atoms with Crippen molar-refractivity contribution in [1.82, 2.24) is 20.1 Å². The molecule has 0 spiro atoms. The Morgan fingerprint density at radius 3 is 2.35 bits per heavy atom. The fourth-order valence-electron chi connectivity index (χ4n) is 2.41. The van der Waals surface area contributed by atoms with E-state index in [1.165, 1.54) is 0 Å². The molecule has 1 unspecified atom stereocenters. The zero-order chi connectivity index (χ0) is 16.2. The van der Waals surface area contributed by atoms with Gasteiger partial charge in [0, 0.05) is 29.8 Å². The van der Waals surface area contributed by atoms with Gasteiger partial charge in [0.05, 0.1) is 11.7 Å². The van der Waals surface area contributed by atoms with Crippen LogP contribution in [0.5, 0.6) is 0 Å². The molecular formula is C18H18N4O. The minimum absolute atomic E-state index is 0.0708. The Bertz CT molecular complexity index is 793. The lowest BCUT2D eigenvalue weighted by Gasteiger charge is -2.14. The lowest BCUT2D eigenvalue weighted by atomic mass is 10.1. The van der Waals surface area contributed by atoms with Crippen LogP contribution in [0, 0.1) is 6.92 Å². The molecule has 1 amide bonds. The van der Waals surface area contributed by atoms with Gasteiger partial charge in [-0.15, -0.1) is 0 Å². The van der Waals surface area contributed by atoms with Gasteiger partial charge in [-0.1, -0.05) is 0 Å². The zero-order valence-corrected chi connectivity index (χ0v) is 13.1. The molecule has 5 nitrogen and oxygen atoms in total. The van der Waals surface area contributed by atoms with Crippen molar-refractivity contribution >= 4 is 5.91 Å². The Morgan fingerprint density at radius 1 is 1.04 bits per heavy atom. The minimum atomic E-state index is -0.0990. The van der Waals surface area contributed by atoms with Crippen molar-refractivity contribution < 1.29 is 4.79 Å². The number of rotatable bonds is 4. The van der Waals surface area contributed by atoms with Crippen molar-refractivity contribution in [2.45, 2.75) is 19.9 Å². The topological polar surface area (TPSA) is 59.8 Å². The van der Waals surface area contributed by atoms with Gasteiger partial charge >= 0.3 is 0 Å². The monoisotopic (exact) mass is 306 g/mol. The van der Waals surface area contributed by atoms with Crippen LogP contribution in [0.3, 0.4) is 0 Å². The molecule has 23 heavy (non-hydrogen) atoms. The van der Waals surface area contributed by atoms with Crippen molar-refractivity contribution in [3.63, 3.8) is 0 Å². The van der Waals surface area contributed by atoms with Crippen LogP contribution in [0.25, 0.3) is 5.69 Å². The fourth-order valence-corrected chi connectivity index (χ4v) is 2.41. The first-order chi connectivity index (χ1) is 11.1. The van der Waals surface area contributed by atoms with E-state index in [1.54, 1.807) is 18.6 Å². The molecule has 0 aliphatic carbocycles. The SMILES string of the molecule is Cc1ccnn1-c1ccc(C(=O)NC(C)c2ccncc2)cc1. The highest BCUT2D eigenvalue weighted by atomic mass is 16.1. The molecule has 1 N–H and O–H groups in total. The van der Waals surface area contributed by atoms with Gasteiger partial charge in [-0.25, -0.2) is 4.68 Å². The second-order valence-electron chi connectivity index (χ2n) is 5.41. The van der Waals surface area contributed by atoms with Crippen LogP contribution < -0.4 is 5.32 Å². The predicted molar refractivity (Wildman–Crippen MR) is 88.4 cm³/mol. The molecule has 0 bridgehead atoms. The average Bonchev–Trinajstić information content (AvgIpc) is 3.02. The van der Waals surface area contributed by atoms with Crippen molar-refractivity contribution in [1.29, 1.82) is 0 Å². The Hall–Kier alpha value is -2.95. The standard InChI is InChI=1S/C18H18N4O/c1-13-7-12-20-22(13)17-5-3-16(4-6-17)18(23)21-14(2)15-8-10-19-11-9-15/h3-12,14H,1-2H3,(H,21,23). The van der Waals surface area contributed by atoms with Gasteiger partial charge in [0.1, 0.15) is 0 Å². The van der Waals surface area contributed by atoms with Crippen molar-refractivity contribution in [3.8, 4) is 5.69 Å². The molecule has 0 saturated carbocycles. The van der Waals surface area contributed by atoms with Crippen LogP contribution in [0.2, 0.25) is 0 Å². The van der Waals surface area contributed by atoms with E-state index < -0.39 is 0 Å². The maximum atomic E-state index is 12.3. The highest BCUT2D eigenvalue weighted by Gasteiger charge is 2.11. The van der Waals surface area contributed by atoms with Crippen molar-refractivity contribution in [2.24, 2.45) is 0 Å². The second kappa shape index (κ2) is 6.44. The Morgan fingerprint density at radius 2 is 1.74 bits per heavy atom. The van der Waals surface area contributed by atoms with Crippen LogP contribution in [0.4, 0.5) is 0 Å². The maximum Gasteiger partial charge on any atom is 0.251 e. The third kappa shape index (κ3) is 3.29. The molecule has 3 rings (SSSR count). The predicted octanol–water partition coefficient (Wildman–Crippen LogP) is 3.07. The molecule has 0 saturated heterocycles. The molecule has 0 radical (unpaired) electrons. The summed E-state index contributed by atoms with van der Waals surface area (Å²) in [6, 6.07) is 13.1. The number of hydrogen-bond acceptors (Lipinski definition) is 3. The van der Waals surface area contributed by atoms with Crippen LogP contribution in [-0.2, 0) is 0 Å². The lowest BCUT2D eigenvalue weighted by Crippen LogP contribution is -2.26. The number of aryl methyl sites for hydroxylation is 1. The van der Waals surface area contributed by atoms with Gasteiger partial charge in [-0.3, -0.25) is 9.78 Å². The third-order valence-electron chi connectivity index (χ3n) is 3.76. The molecule has 0 aliphatic heterocycles. The Kier molecular flexibility index (Phi) is 4.19. The molecule has 3 aromatic rings. The molecule has 0 fully saturated rings. The van der Waals surface area contributed by atoms with Crippen molar-refractivity contribution in [2.75, 3.05) is 0 Å². The van der Waals surface area contributed by atoms with E-state index in [1.807, 2.05) is 61.0 Å². The number of benzene rings is 1. The summed E-state index contributed by atoms with van der Waals surface area (Å²) in [5.74, 6) is -0.0990. The summed E-state index contributed by atoms with van der Waals surface area (Å²) in [6.45, 7) is 3.94. The zero-order valence-electron chi connectivity index (χ0n) is 13.1. The Balaban J connectivity index is 1.72. The molecular weight excluding hydrogens is 288 g/mol. The summed E-state index contributed by atoms with van der Waals surface area (Å²) in [4.78, 5) is 16.3. The first-order valence-corrected chi connectivity index (χ1v) is 7.47. The lowest BCUT2D eigenvalue weighted by molar-refractivity contribution is 0.0940. The smallest absolute Gasteiger partial charge is 0.251 e. The number of carbonyl (C=O) groups is 1. The quantitative estimate of drug-likeness (QED) is 0.806. The molecule has 116 valence electrons. The number of nitrogens with one attached hydrogen (secondary N) is 1. The highest BCUT2D eigenvalue weighted by Crippen LogP contribution is 2.14. The van der Waals surface area contributed by atoms with Gasteiger partial charge < -0.3 is 5.32 Å². The van der Waals surface area contributed by atoms with E-state index in [4.69, 9.17) is 0 Å². The first kappa shape index (κ1) is 15.0. The van der Waals surface area contributed by atoms with Gasteiger partial charge in [0.25, 0.3) is 5.91 Å². The molecule has 0 aliphatic rings. The number of hydrogen-bond donors (Lipinski definition) is 1. The van der Waals surface area contributed by atoms with Gasteiger partial charge in [-0.2, -0.15) is 5.10 Å². The number of nitrogens with zero attached hydrogens (tertiary/aromatic N) is 3. The van der Waals surface area contributed by atoms with E-state index in [0.717, 1.165) is 16.9 Å². The second-order valence-corrected chi connectivity index (χ2v) is 5.41. The number of pyridine rings is 1. The van der Waals surface area contributed by atoms with E-state index in [9.17, 15) is 4.79 Å². The van der Waals surface area contributed by atoms with Crippen LogP contribution >= 0.6 is 0 Å². The Labute approximate surface area is 135 Å². The number of aromatic nitrogens is 3. The molecule has 1 aromatic carbocycles. The molecule has 2 heterocycles. The average molecular weight is 306 g/mol. The van der Waals surface area contributed by atoms with Gasteiger partial charge in [-0.05, 0) is 61.9 Å². The first-order valence-electron chi connectivity index (χ1n) is 7.47. The molecule has 1 atom stereocenters. The summed E-state index contributed by atoms with van der Waals surface area (Å²) >= 11 is 0. The molecule has 5 heteroatoms. The van der Waals surface area contributed by atoms with E-state index >= 15 is 0 Å². The summed E-state index contributed by atoms with van der Waals surface area (Å²) in [5.41, 5.74) is 3.64.